The SMILES string of the molecule is CC(CO)(NCc1cccc(Br)c1)C1CC1. The summed E-state index contributed by atoms with van der Waals surface area (Å²) in [5, 5.41) is 12.9. The normalized spacial score (nSPS) is 19.4. The third-order valence-electron chi connectivity index (χ3n) is 3.39. The lowest BCUT2D eigenvalue weighted by Gasteiger charge is -2.29. The molecule has 1 saturated carbocycles. The van der Waals surface area contributed by atoms with Crippen molar-refractivity contribution in [2.75, 3.05) is 6.61 Å². The van der Waals surface area contributed by atoms with Crippen LogP contribution in [0.25, 0.3) is 0 Å². The molecule has 1 fully saturated rings. The molecule has 0 radical (unpaired) electrons. The first-order chi connectivity index (χ1) is 7.64. The maximum atomic E-state index is 9.46. The van der Waals surface area contributed by atoms with Crippen LogP contribution in [-0.2, 0) is 6.54 Å². The van der Waals surface area contributed by atoms with E-state index in [0.717, 1.165) is 11.0 Å². The van der Waals surface area contributed by atoms with E-state index in [2.05, 4.69) is 40.3 Å². The van der Waals surface area contributed by atoms with Crippen LogP contribution in [0.4, 0.5) is 0 Å². The predicted octanol–water partition coefficient (Wildman–Crippen LogP) is 2.70. The van der Waals surface area contributed by atoms with Gasteiger partial charge in [-0.2, -0.15) is 0 Å². The fourth-order valence-electron chi connectivity index (χ4n) is 2.00. The maximum absolute atomic E-state index is 9.46. The third-order valence-corrected chi connectivity index (χ3v) is 3.89. The first-order valence-corrected chi connectivity index (χ1v) is 6.54. The van der Waals surface area contributed by atoms with Crippen molar-refractivity contribution in [1.82, 2.24) is 5.32 Å². The number of rotatable bonds is 5. The van der Waals surface area contributed by atoms with E-state index in [9.17, 15) is 5.11 Å². The number of hydrogen-bond acceptors (Lipinski definition) is 2. The molecule has 0 saturated heterocycles. The van der Waals surface area contributed by atoms with Gasteiger partial charge in [0.05, 0.1) is 6.61 Å². The van der Waals surface area contributed by atoms with Gasteiger partial charge in [-0.1, -0.05) is 28.1 Å². The van der Waals surface area contributed by atoms with Crippen LogP contribution in [0.3, 0.4) is 0 Å². The summed E-state index contributed by atoms with van der Waals surface area (Å²) in [5.74, 6) is 0.643. The molecule has 1 unspecified atom stereocenters. The van der Waals surface area contributed by atoms with Crippen LogP contribution >= 0.6 is 15.9 Å². The monoisotopic (exact) mass is 283 g/mol. The van der Waals surface area contributed by atoms with Crippen LogP contribution < -0.4 is 5.32 Å². The highest BCUT2D eigenvalue weighted by Gasteiger charge is 2.40. The van der Waals surface area contributed by atoms with Crippen LogP contribution in [-0.4, -0.2) is 17.3 Å². The van der Waals surface area contributed by atoms with Gasteiger partial charge in [-0.15, -0.1) is 0 Å². The lowest BCUT2D eigenvalue weighted by molar-refractivity contribution is 0.153. The van der Waals surface area contributed by atoms with Gasteiger partial charge >= 0.3 is 0 Å². The molecule has 1 aromatic rings. The zero-order valence-electron chi connectivity index (χ0n) is 9.54. The van der Waals surface area contributed by atoms with Crippen molar-refractivity contribution < 1.29 is 5.11 Å². The Balaban J connectivity index is 1.95. The molecule has 0 spiro atoms. The Bertz CT molecular complexity index is 365. The second-order valence-electron chi connectivity index (χ2n) is 4.83. The van der Waals surface area contributed by atoms with Gasteiger partial charge in [-0.05, 0) is 43.4 Å². The summed E-state index contributed by atoms with van der Waals surface area (Å²) in [7, 11) is 0. The van der Waals surface area contributed by atoms with Crippen LogP contribution in [0, 0.1) is 5.92 Å². The molecule has 2 nitrogen and oxygen atoms in total. The van der Waals surface area contributed by atoms with Crippen molar-refractivity contribution in [3.05, 3.63) is 34.3 Å². The van der Waals surface area contributed by atoms with Gasteiger partial charge in [0, 0.05) is 16.6 Å². The van der Waals surface area contributed by atoms with E-state index in [0.29, 0.717) is 5.92 Å². The molecule has 16 heavy (non-hydrogen) atoms. The summed E-state index contributed by atoms with van der Waals surface area (Å²) in [5.41, 5.74) is 1.14. The quantitative estimate of drug-likeness (QED) is 0.871. The second-order valence-corrected chi connectivity index (χ2v) is 5.75. The number of halogens is 1. The van der Waals surface area contributed by atoms with Gasteiger partial charge < -0.3 is 10.4 Å². The summed E-state index contributed by atoms with van der Waals surface area (Å²) >= 11 is 3.46. The van der Waals surface area contributed by atoms with E-state index in [1.165, 1.54) is 18.4 Å². The Kier molecular flexibility index (Phi) is 3.67. The molecular weight excluding hydrogens is 266 g/mol. The largest absolute Gasteiger partial charge is 0.394 e. The minimum absolute atomic E-state index is 0.109. The lowest BCUT2D eigenvalue weighted by atomic mass is 9.96. The topological polar surface area (TPSA) is 32.3 Å². The van der Waals surface area contributed by atoms with Gasteiger partial charge in [-0.3, -0.25) is 0 Å². The Morgan fingerprint density at radius 1 is 1.50 bits per heavy atom. The van der Waals surface area contributed by atoms with Gasteiger partial charge in [-0.25, -0.2) is 0 Å². The molecule has 2 N–H and O–H groups in total. The standard InChI is InChI=1S/C13H18BrNO/c1-13(9-16,11-5-6-11)15-8-10-3-2-4-12(14)7-10/h2-4,7,11,15-16H,5-6,8-9H2,1H3. The van der Waals surface area contributed by atoms with E-state index in [-0.39, 0.29) is 12.1 Å². The molecule has 1 atom stereocenters. The molecule has 1 aliphatic rings. The highest BCUT2D eigenvalue weighted by atomic mass is 79.9. The number of hydrogen-bond donors (Lipinski definition) is 2. The first kappa shape index (κ1) is 12.1. The molecule has 3 heteroatoms. The van der Waals surface area contributed by atoms with Crippen molar-refractivity contribution in [3.63, 3.8) is 0 Å². The fraction of sp³-hybridized carbons (Fsp3) is 0.538. The van der Waals surface area contributed by atoms with Crippen molar-refractivity contribution in [2.45, 2.75) is 31.8 Å². The summed E-state index contributed by atoms with van der Waals surface area (Å²) in [6.45, 7) is 3.14. The van der Waals surface area contributed by atoms with Crippen molar-refractivity contribution >= 4 is 15.9 Å². The zero-order valence-corrected chi connectivity index (χ0v) is 11.1. The maximum Gasteiger partial charge on any atom is 0.0613 e. The number of nitrogens with one attached hydrogen (secondary N) is 1. The number of aliphatic hydroxyl groups is 1. The average Bonchev–Trinajstić information content (AvgIpc) is 3.10. The molecule has 0 bridgehead atoms. The molecule has 0 aromatic heterocycles. The molecule has 2 rings (SSSR count). The highest BCUT2D eigenvalue weighted by molar-refractivity contribution is 9.10. The van der Waals surface area contributed by atoms with Crippen LogP contribution in [0.15, 0.2) is 28.7 Å². The van der Waals surface area contributed by atoms with Crippen LogP contribution in [0.1, 0.15) is 25.3 Å². The van der Waals surface area contributed by atoms with E-state index in [4.69, 9.17) is 0 Å². The smallest absolute Gasteiger partial charge is 0.0613 e. The van der Waals surface area contributed by atoms with E-state index in [1.54, 1.807) is 0 Å². The van der Waals surface area contributed by atoms with Gasteiger partial charge in [0.25, 0.3) is 0 Å². The molecule has 0 aliphatic heterocycles. The average molecular weight is 284 g/mol. The van der Waals surface area contributed by atoms with Crippen molar-refractivity contribution in [3.8, 4) is 0 Å². The van der Waals surface area contributed by atoms with Crippen molar-refractivity contribution in [1.29, 1.82) is 0 Å². The van der Waals surface area contributed by atoms with E-state index >= 15 is 0 Å². The zero-order chi connectivity index (χ0) is 11.6. The van der Waals surface area contributed by atoms with E-state index < -0.39 is 0 Å². The number of aliphatic hydroxyl groups excluding tert-OH is 1. The molecule has 0 heterocycles. The Hall–Kier alpha value is -0.380. The second kappa shape index (κ2) is 4.86. The number of benzene rings is 1. The minimum Gasteiger partial charge on any atom is -0.394 e. The Morgan fingerprint density at radius 3 is 2.81 bits per heavy atom. The Labute approximate surface area is 105 Å². The summed E-state index contributed by atoms with van der Waals surface area (Å²) in [6, 6.07) is 8.27. The summed E-state index contributed by atoms with van der Waals surface area (Å²) in [4.78, 5) is 0. The van der Waals surface area contributed by atoms with Crippen LogP contribution in [0.5, 0.6) is 0 Å². The molecule has 88 valence electrons. The molecular formula is C13H18BrNO. The van der Waals surface area contributed by atoms with E-state index in [1.807, 2.05) is 12.1 Å². The lowest BCUT2D eigenvalue weighted by Crippen LogP contribution is -2.47. The predicted molar refractivity (Wildman–Crippen MR) is 69.2 cm³/mol. The molecule has 1 aliphatic carbocycles. The fourth-order valence-corrected chi connectivity index (χ4v) is 2.45. The Morgan fingerprint density at radius 2 is 2.25 bits per heavy atom. The minimum atomic E-state index is -0.109. The first-order valence-electron chi connectivity index (χ1n) is 5.74. The summed E-state index contributed by atoms with van der Waals surface area (Å²) < 4.78 is 1.10. The van der Waals surface area contributed by atoms with Gasteiger partial charge in [0.15, 0.2) is 0 Å². The highest BCUT2D eigenvalue weighted by Crippen LogP contribution is 2.39. The summed E-state index contributed by atoms with van der Waals surface area (Å²) in [6.07, 6.45) is 2.48. The molecule has 0 amide bonds. The van der Waals surface area contributed by atoms with Crippen molar-refractivity contribution in [2.24, 2.45) is 5.92 Å². The van der Waals surface area contributed by atoms with Crippen LogP contribution in [0.2, 0.25) is 0 Å². The molecule has 1 aromatic carbocycles. The van der Waals surface area contributed by atoms with Gasteiger partial charge in [0.1, 0.15) is 0 Å². The third kappa shape index (κ3) is 2.84. The van der Waals surface area contributed by atoms with Gasteiger partial charge in [0.2, 0.25) is 0 Å².